The third-order valence-electron chi connectivity index (χ3n) is 3.68. The smallest absolute Gasteiger partial charge is 0.274 e. The van der Waals surface area contributed by atoms with Gasteiger partial charge in [0.2, 0.25) is 0 Å². The van der Waals surface area contributed by atoms with Crippen LogP contribution in [0.1, 0.15) is 27.9 Å². The number of nitrogens with one attached hydrogen (secondary N) is 1. The molecule has 0 unspecified atom stereocenters. The van der Waals surface area contributed by atoms with Gasteiger partial charge in [-0.1, -0.05) is 12.2 Å². The molecular formula is C15H20FN3O2. The van der Waals surface area contributed by atoms with Crippen molar-refractivity contribution in [1.29, 1.82) is 0 Å². The lowest BCUT2D eigenvalue weighted by Gasteiger charge is -2.30. The van der Waals surface area contributed by atoms with Crippen LogP contribution in [0.15, 0.2) is 24.3 Å². The molecule has 1 aliphatic rings. The van der Waals surface area contributed by atoms with Crippen LogP contribution >= 0.6 is 0 Å². The number of rotatable bonds is 5. The summed E-state index contributed by atoms with van der Waals surface area (Å²) >= 11 is 0. The monoisotopic (exact) mass is 293 g/mol. The molecule has 0 aromatic heterocycles. The Bertz CT molecular complexity index is 560. The molecule has 0 radical (unpaired) electrons. The molecule has 114 valence electrons. The third kappa shape index (κ3) is 3.66. The summed E-state index contributed by atoms with van der Waals surface area (Å²) in [7, 11) is 0. The number of hydrogen-bond acceptors (Lipinski definition) is 4. The van der Waals surface area contributed by atoms with E-state index in [1.807, 2.05) is 0 Å². The van der Waals surface area contributed by atoms with Crippen LogP contribution < -0.4 is 11.2 Å². The zero-order valence-electron chi connectivity index (χ0n) is 11.9. The average Bonchev–Trinajstić information content (AvgIpc) is 2.47. The second kappa shape index (κ2) is 6.80. The lowest BCUT2D eigenvalue weighted by atomic mass is 9.96. The maximum atomic E-state index is 14.2. The molecule has 21 heavy (non-hydrogen) atoms. The largest absolute Gasteiger partial charge is 0.330 e. The van der Waals surface area contributed by atoms with Crippen molar-refractivity contribution in [2.24, 2.45) is 5.73 Å². The molecule has 0 atom stereocenters. The predicted molar refractivity (Wildman–Crippen MR) is 77.4 cm³/mol. The summed E-state index contributed by atoms with van der Waals surface area (Å²) in [4.78, 5) is 13.5. The number of hydroxylamine groups is 1. The minimum absolute atomic E-state index is 0.134. The maximum Gasteiger partial charge on any atom is 0.274 e. The number of fused-ring (bicyclic) bond motifs is 1. The fourth-order valence-corrected chi connectivity index (χ4v) is 2.60. The van der Waals surface area contributed by atoms with Crippen LogP contribution in [0.25, 0.3) is 0 Å². The number of carbonyl (C=O) groups is 1. The number of nitrogens with two attached hydrogens (primary N) is 1. The van der Waals surface area contributed by atoms with Gasteiger partial charge in [0.1, 0.15) is 5.82 Å². The minimum Gasteiger partial charge on any atom is -0.330 e. The number of hydrogen-bond donors (Lipinski definition) is 3. The van der Waals surface area contributed by atoms with E-state index >= 15 is 0 Å². The highest BCUT2D eigenvalue weighted by molar-refractivity contribution is 5.93. The Morgan fingerprint density at radius 3 is 2.95 bits per heavy atom. The van der Waals surface area contributed by atoms with Gasteiger partial charge in [-0.25, -0.2) is 9.87 Å². The highest BCUT2D eigenvalue weighted by Gasteiger charge is 2.22. The van der Waals surface area contributed by atoms with Gasteiger partial charge in [0.15, 0.2) is 0 Å². The first-order chi connectivity index (χ1) is 10.0. The van der Waals surface area contributed by atoms with Crippen LogP contribution in [0.4, 0.5) is 4.39 Å². The fraction of sp³-hybridized carbons (Fsp3) is 0.400. The van der Waals surface area contributed by atoms with Gasteiger partial charge in [-0.05, 0) is 37.1 Å². The van der Waals surface area contributed by atoms with E-state index < -0.39 is 11.7 Å². The van der Waals surface area contributed by atoms with Crippen LogP contribution in [0.3, 0.4) is 0 Å². The molecule has 0 bridgehead atoms. The van der Waals surface area contributed by atoms with Crippen LogP contribution in [0, 0.1) is 5.82 Å². The Morgan fingerprint density at radius 1 is 1.52 bits per heavy atom. The molecule has 1 amide bonds. The number of carbonyl (C=O) groups excluding carboxylic acids is 1. The van der Waals surface area contributed by atoms with Gasteiger partial charge in [-0.15, -0.1) is 0 Å². The van der Waals surface area contributed by atoms with Crippen molar-refractivity contribution >= 4 is 5.91 Å². The van der Waals surface area contributed by atoms with Crippen molar-refractivity contribution in [3.63, 3.8) is 0 Å². The van der Waals surface area contributed by atoms with Crippen molar-refractivity contribution in [3.05, 3.63) is 46.8 Å². The van der Waals surface area contributed by atoms with Gasteiger partial charge < -0.3 is 5.73 Å². The van der Waals surface area contributed by atoms with Gasteiger partial charge in [0.25, 0.3) is 5.91 Å². The summed E-state index contributed by atoms with van der Waals surface area (Å²) in [6.07, 6.45) is 1.43. The van der Waals surface area contributed by atoms with Gasteiger partial charge in [-0.2, -0.15) is 0 Å². The van der Waals surface area contributed by atoms with Gasteiger partial charge >= 0.3 is 0 Å². The molecule has 6 heteroatoms. The molecular weight excluding hydrogens is 273 g/mol. The van der Waals surface area contributed by atoms with E-state index in [4.69, 9.17) is 10.9 Å². The van der Waals surface area contributed by atoms with Crippen LogP contribution in [-0.4, -0.2) is 35.6 Å². The second-order valence-electron chi connectivity index (χ2n) is 5.29. The van der Waals surface area contributed by atoms with E-state index in [1.54, 1.807) is 6.07 Å². The topological polar surface area (TPSA) is 78.6 Å². The van der Waals surface area contributed by atoms with Crippen LogP contribution in [0.2, 0.25) is 0 Å². The molecule has 4 N–H and O–H groups in total. The van der Waals surface area contributed by atoms with Crippen molar-refractivity contribution in [2.75, 3.05) is 19.6 Å². The summed E-state index contributed by atoms with van der Waals surface area (Å²) in [5.74, 6) is -1.12. The minimum atomic E-state index is -0.699. The highest BCUT2D eigenvalue weighted by Crippen LogP contribution is 2.24. The second-order valence-corrected chi connectivity index (χ2v) is 5.29. The first kappa shape index (κ1) is 15.6. The molecule has 0 saturated carbocycles. The zero-order valence-corrected chi connectivity index (χ0v) is 11.9. The molecule has 0 aliphatic carbocycles. The van der Waals surface area contributed by atoms with Crippen molar-refractivity contribution in [3.8, 4) is 0 Å². The molecule has 0 spiro atoms. The molecule has 5 nitrogen and oxygen atoms in total. The first-order valence-electron chi connectivity index (χ1n) is 6.90. The number of halogens is 1. The van der Waals surface area contributed by atoms with Gasteiger partial charge in [-0.3, -0.25) is 14.9 Å². The standard InChI is InChI=1S/C15H20FN3O2/c1-10(2-4-17)8-19-5-3-11-6-12(15(20)18-21)7-14(16)13(11)9-19/h6-7,21H,1-5,8-9,17H2,(H,18,20). The number of amides is 1. The zero-order chi connectivity index (χ0) is 15.4. The molecule has 0 fully saturated rings. The molecule has 1 aliphatic heterocycles. The van der Waals surface area contributed by atoms with Crippen LogP contribution in [0.5, 0.6) is 0 Å². The molecule has 1 heterocycles. The Kier molecular flexibility index (Phi) is 5.06. The normalized spacial score (nSPS) is 14.6. The van der Waals surface area contributed by atoms with E-state index in [9.17, 15) is 9.18 Å². The van der Waals surface area contributed by atoms with E-state index in [2.05, 4.69) is 11.5 Å². The third-order valence-corrected chi connectivity index (χ3v) is 3.68. The Labute approximate surface area is 123 Å². The van der Waals surface area contributed by atoms with E-state index in [1.165, 1.54) is 5.48 Å². The van der Waals surface area contributed by atoms with Crippen molar-refractivity contribution in [2.45, 2.75) is 19.4 Å². The summed E-state index contributed by atoms with van der Waals surface area (Å²) in [6.45, 7) is 6.51. The molecule has 0 saturated heterocycles. The summed E-state index contributed by atoms with van der Waals surface area (Å²) in [6, 6.07) is 2.79. The SMILES string of the molecule is C=C(CCN)CN1CCc2cc(C(=O)NO)cc(F)c2C1. The Morgan fingerprint density at radius 2 is 2.29 bits per heavy atom. The first-order valence-corrected chi connectivity index (χ1v) is 6.90. The number of nitrogens with zero attached hydrogens (tertiary/aromatic N) is 1. The summed E-state index contributed by atoms with van der Waals surface area (Å²) in [5.41, 5.74) is 9.62. The molecule has 1 aromatic rings. The van der Waals surface area contributed by atoms with Gasteiger partial charge in [0.05, 0.1) is 0 Å². The van der Waals surface area contributed by atoms with Gasteiger partial charge in [0, 0.05) is 30.8 Å². The maximum absolute atomic E-state index is 14.2. The lowest BCUT2D eigenvalue weighted by Crippen LogP contribution is -2.33. The summed E-state index contributed by atoms with van der Waals surface area (Å²) < 4.78 is 14.2. The quantitative estimate of drug-likeness (QED) is 0.433. The van der Waals surface area contributed by atoms with E-state index in [0.29, 0.717) is 31.6 Å². The van der Waals surface area contributed by atoms with E-state index in [0.717, 1.165) is 30.2 Å². The Balaban J connectivity index is 2.14. The predicted octanol–water partition coefficient (Wildman–Crippen LogP) is 1.21. The average molecular weight is 293 g/mol. The lowest BCUT2D eigenvalue weighted by molar-refractivity contribution is 0.0705. The number of benzene rings is 1. The van der Waals surface area contributed by atoms with Crippen molar-refractivity contribution < 1.29 is 14.4 Å². The Hall–Kier alpha value is -1.76. The van der Waals surface area contributed by atoms with E-state index in [-0.39, 0.29) is 5.56 Å². The van der Waals surface area contributed by atoms with Crippen molar-refractivity contribution in [1.82, 2.24) is 10.4 Å². The highest BCUT2D eigenvalue weighted by atomic mass is 19.1. The molecule has 2 rings (SSSR count). The summed E-state index contributed by atoms with van der Waals surface area (Å²) in [5, 5.41) is 8.62. The fourth-order valence-electron chi connectivity index (χ4n) is 2.60. The van der Waals surface area contributed by atoms with Crippen LogP contribution in [-0.2, 0) is 13.0 Å². The molecule has 1 aromatic carbocycles.